The molecule has 0 unspecified atom stereocenters. The number of aromatic nitrogens is 1. The number of nitrogens with zero attached hydrogens (tertiary/aromatic N) is 1. The minimum atomic E-state index is -0.690. The molecule has 0 bridgehead atoms. The number of rotatable bonds is 4. The van der Waals surface area contributed by atoms with Gasteiger partial charge < -0.3 is 5.32 Å². The van der Waals surface area contributed by atoms with E-state index < -0.39 is 16.9 Å². The number of hydrogen-bond acceptors (Lipinski definition) is 3. The highest BCUT2D eigenvalue weighted by atomic mass is 35.5. The molecule has 0 spiro atoms. The van der Waals surface area contributed by atoms with Gasteiger partial charge in [0.05, 0.1) is 10.3 Å². The van der Waals surface area contributed by atoms with Gasteiger partial charge in [-0.1, -0.05) is 11.6 Å². The van der Waals surface area contributed by atoms with Crippen LogP contribution >= 0.6 is 23.4 Å². The van der Waals surface area contributed by atoms with E-state index in [9.17, 15) is 13.6 Å². The maximum absolute atomic E-state index is 13.5. The first-order chi connectivity index (χ1) is 9.95. The minimum Gasteiger partial charge on any atom is -0.310 e. The lowest BCUT2D eigenvalue weighted by molar-refractivity contribution is -0.115. The van der Waals surface area contributed by atoms with E-state index in [2.05, 4.69) is 10.3 Å². The third kappa shape index (κ3) is 4.41. The van der Waals surface area contributed by atoms with E-state index in [4.69, 9.17) is 11.6 Å². The van der Waals surface area contributed by atoms with Gasteiger partial charge in [0.1, 0.15) is 17.5 Å². The molecule has 1 N–H and O–H groups in total. The van der Waals surface area contributed by atoms with Crippen molar-refractivity contribution in [3.63, 3.8) is 0 Å². The number of carbonyl (C=O) groups excluding carboxylic acids is 1. The Morgan fingerprint density at radius 1 is 1.33 bits per heavy atom. The molecule has 0 radical (unpaired) electrons. The number of benzene rings is 1. The Hall–Kier alpha value is -1.66. The van der Waals surface area contributed by atoms with Crippen molar-refractivity contribution in [2.24, 2.45) is 0 Å². The molecular formula is C14H11ClF2N2OS. The Morgan fingerprint density at radius 2 is 2.10 bits per heavy atom. The molecule has 110 valence electrons. The lowest BCUT2D eigenvalue weighted by Crippen LogP contribution is -2.23. The molecule has 0 aliphatic carbocycles. The van der Waals surface area contributed by atoms with Crippen molar-refractivity contribution >= 4 is 35.1 Å². The molecule has 1 heterocycles. The molecule has 3 nitrogen and oxygen atoms in total. The van der Waals surface area contributed by atoms with Gasteiger partial charge in [-0.15, -0.1) is 11.8 Å². The van der Waals surface area contributed by atoms with Crippen LogP contribution in [0, 0.1) is 11.6 Å². The molecule has 0 aliphatic heterocycles. The monoisotopic (exact) mass is 328 g/mol. The highest BCUT2D eigenvalue weighted by Crippen LogP contribution is 2.27. The van der Waals surface area contributed by atoms with Gasteiger partial charge in [0.15, 0.2) is 0 Å². The van der Waals surface area contributed by atoms with Gasteiger partial charge >= 0.3 is 0 Å². The summed E-state index contributed by atoms with van der Waals surface area (Å²) in [6.07, 6.45) is 1.41. The second-order valence-corrected chi connectivity index (χ2v) is 6.00. The van der Waals surface area contributed by atoms with Crippen LogP contribution in [0.1, 0.15) is 6.92 Å². The standard InChI is InChI=1S/C14H11ClF2N2OS/c1-8(21-12-4-3-10(16)6-11(12)17)14(20)19-13-5-2-9(15)7-18-13/h2-8H,1H3,(H,18,19,20)/t8-/m1/s1. The van der Waals surface area contributed by atoms with Crippen LogP contribution in [0.15, 0.2) is 41.4 Å². The van der Waals surface area contributed by atoms with Crippen molar-refractivity contribution in [3.8, 4) is 0 Å². The lowest BCUT2D eigenvalue weighted by Gasteiger charge is -2.12. The van der Waals surface area contributed by atoms with Crippen LogP contribution in [-0.4, -0.2) is 16.1 Å². The Morgan fingerprint density at radius 3 is 2.71 bits per heavy atom. The molecule has 1 amide bonds. The SMILES string of the molecule is C[C@@H](Sc1ccc(F)cc1F)C(=O)Nc1ccc(Cl)cn1. The molecule has 1 aromatic heterocycles. The number of amides is 1. The Bertz CT molecular complexity index is 652. The fourth-order valence-corrected chi connectivity index (χ4v) is 2.47. The first kappa shape index (κ1) is 15.7. The fraction of sp³-hybridized carbons (Fsp3) is 0.143. The van der Waals surface area contributed by atoms with Crippen LogP contribution in [-0.2, 0) is 4.79 Å². The zero-order chi connectivity index (χ0) is 15.4. The van der Waals surface area contributed by atoms with Crippen molar-refractivity contribution in [1.82, 2.24) is 4.98 Å². The van der Waals surface area contributed by atoms with E-state index in [1.165, 1.54) is 12.3 Å². The van der Waals surface area contributed by atoms with Crippen LogP contribution in [0.2, 0.25) is 5.02 Å². The molecule has 7 heteroatoms. The number of carbonyl (C=O) groups is 1. The van der Waals surface area contributed by atoms with Crippen LogP contribution in [0.5, 0.6) is 0 Å². The number of halogens is 3. The molecule has 0 saturated heterocycles. The van der Waals surface area contributed by atoms with Crippen molar-refractivity contribution in [2.75, 3.05) is 5.32 Å². The average Bonchev–Trinajstić information content (AvgIpc) is 2.44. The molecule has 0 aliphatic rings. The Kier molecular flexibility index (Phi) is 5.14. The predicted octanol–water partition coefficient (Wildman–Crippen LogP) is 4.13. The molecule has 0 saturated carbocycles. The van der Waals surface area contributed by atoms with Crippen molar-refractivity contribution in [3.05, 3.63) is 53.2 Å². The second kappa shape index (κ2) is 6.87. The third-order valence-corrected chi connectivity index (χ3v) is 3.92. The predicted molar refractivity (Wildman–Crippen MR) is 79.6 cm³/mol. The van der Waals surface area contributed by atoms with Crippen LogP contribution in [0.25, 0.3) is 0 Å². The maximum atomic E-state index is 13.5. The highest BCUT2D eigenvalue weighted by molar-refractivity contribution is 8.00. The Balaban J connectivity index is 2.00. The quantitative estimate of drug-likeness (QED) is 0.858. The van der Waals surface area contributed by atoms with Gasteiger partial charge in [-0.2, -0.15) is 0 Å². The number of thioether (sulfide) groups is 1. The van der Waals surface area contributed by atoms with E-state index >= 15 is 0 Å². The van der Waals surface area contributed by atoms with Crippen molar-refractivity contribution < 1.29 is 13.6 Å². The largest absolute Gasteiger partial charge is 0.310 e. The fourth-order valence-electron chi connectivity index (χ4n) is 1.49. The third-order valence-electron chi connectivity index (χ3n) is 2.55. The summed E-state index contributed by atoms with van der Waals surface area (Å²) in [5.41, 5.74) is 0. The average molecular weight is 329 g/mol. The van der Waals surface area contributed by atoms with E-state index in [0.717, 1.165) is 23.9 Å². The summed E-state index contributed by atoms with van der Waals surface area (Å²) < 4.78 is 26.3. The number of anilines is 1. The van der Waals surface area contributed by atoms with E-state index in [1.807, 2.05) is 0 Å². The first-order valence-corrected chi connectivity index (χ1v) is 7.25. The van der Waals surface area contributed by atoms with E-state index in [-0.39, 0.29) is 10.8 Å². The van der Waals surface area contributed by atoms with E-state index in [0.29, 0.717) is 10.8 Å². The highest BCUT2D eigenvalue weighted by Gasteiger charge is 2.17. The molecule has 0 fully saturated rings. The summed E-state index contributed by atoms with van der Waals surface area (Å²) in [5, 5.41) is 2.49. The summed E-state index contributed by atoms with van der Waals surface area (Å²) in [7, 11) is 0. The van der Waals surface area contributed by atoms with Crippen molar-refractivity contribution in [1.29, 1.82) is 0 Å². The summed E-state index contributed by atoms with van der Waals surface area (Å²) in [4.78, 5) is 16.1. The van der Waals surface area contributed by atoms with Gasteiger partial charge in [0.2, 0.25) is 5.91 Å². The maximum Gasteiger partial charge on any atom is 0.238 e. The summed E-state index contributed by atoms with van der Waals surface area (Å²) in [5.74, 6) is -1.32. The first-order valence-electron chi connectivity index (χ1n) is 6.00. The lowest BCUT2D eigenvalue weighted by atomic mass is 10.3. The van der Waals surface area contributed by atoms with Gasteiger partial charge in [-0.25, -0.2) is 13.8 Å². The zero-order valence-corrected chi connectivity index (χ0v) is 12.5. The summed E-state index contributed by atoms with van der Waals surface area (Å²) in [6.45, 7) is 1.62. The van der Waals surface area contributed by atoms with Crippen molar-refractivity contribution in [2.45, 2.75) is 17.1 Å². The minimum absolute atomic E-state index is 0.211. The van der Waals surface area contributed by atoms with Crippen LogP contribution in [0.4, 0.5) is 14.6 Å². The van der Waals surface area contributed by atoms with Gasteiger partial charge in [0.25, 0.3) is 0 Å². The molecule has 2 rings (SSSR count). The Labute approximate surface area is 129 Å². The molecule has 1 atom stereocenters. The summed E-state index contributed by atoms with van der Waals surface area (Å²) in [6, 6.07) is 6.40. The molecule has 21 heavy (non-hydrogen) atoms. The number of nitrogens with one attached hydrogen (secondary N) is 1. The number of pyridine rings is 1. The van der Waals surface area contributed by atoms with Crippen LogP contribution in [0.3, 0.4) is 0 Å². The smallest absolute Gasteiger partial charge is 0.238 e. The molecule has 1 aromatic carbocycles. The topological polar surface area (TPSA) is 42.0 Å². The normalized spacial score (nSPS) is 12.0. The van der Waals surface area contributed by atoms with Crippen LogP contribution < -0.4 is 5.32 Å². The van der Waals surface area contributed by atoms with Gasteiger partial charge in [-0.05, 0) is 31.2 Å². The van der Waals surface area contributed by atoms with Gasteiger partial charge in [-0.3, -0.25) is 4.79 Å². The molecule has 2 aromatic rings. The summed E-state index contributed by atoms with van der Waals surface area (Å²) >= 11 is 6.70. The van der Waals surface area contributed by atoms with E-state index in [1.54, 1.807) is 19.1 Å². The second-order valence-electron chi connectivity index (χ2n) is 4.19. The zero-order valence-electron chi connectivity index (χ0n) is 10.9. The number of hydrogen-bond donors (Lipinski definition) is 1. The molecular weight excluding hydrogens is 318 g/mol. The van der Waals surface area contributed by atoms with Gasteiger partial charge in [0, 0.05) is 17.2 Å².